The van der Waals surface area contributed by atoms with Gasteiger partial charge in [0, 0.05) is 11.3 Å². The summed E-state index contributed by atoms with van der Waals surface area (Å²) in [7, 11) is 1.65. The first-order chi connectivity index (χ1) is 8.24. The predicted molar refractivity (Wildman–Crippen MR) is 72.3 cm³/mol. The molecule has 0 fully saturated rings. The molecule has 2 rings (SSSR count). The minimum Gasteiger partial charge on any atom is -0.497 e. The minimum atomic E-state index is 0.563. The molecular weight excluding hydrogens is 257 g/mol. The molecule has 0 aliphatic heterocycles. The Balaban J connectivity index is 2.44. The standard InChI is InChI=1S/C13H13Cl2NO/c1-17-11-4-5-12-10(8-11)7-9(3-2-6-14)13(15)16-12/h4-5,7-8H,2-3,6H2,1H3. The van der Waals surface area contributed by atoms with Crippen molar-refractivity contribution in [2.45, 2.75) is 12.8 Å². The van der Waals surface area contributed by atoms with Crippen LogP contribution in [0.3, 0.4) is 0 Å². The normalized spacial score (nSPS) is 10.8. The number of fused-ring (bicyclic) bond motifs is 1. The number of benzene rings is 1. The van der Waals surface area contributed by atoms with Gasteiger partial charge in [0.2, 0.25) is 0 Å². The average Bonchev–Trinajstić information content (AvgIpc) is 2.35. The van der Waals surface area contributed by atoms with E-state index in [2.05, 4.69) is 11.1 Å². The Morgan fingerprint density at radius 2 is 2.12 bits per heavy atom. The summed E-state index contributed by atoms with van der Waals surface area (Å²) >= 11 is 11.8. The van der Waals surface area contributed by atoms with E-state index in [1.807, 2.05) is 18.2 Å². The highest BCUT2D eigenvalue weighted by atomic mass is 35.5. The third-order valence-corrected chi connectivity index (χ3v) is 3.22. The summed E-state index contributed by atoms with van der Waals surface area (Å²) in [6.07, 6.45) is 1.75. The summed E-state index contributed by atoms with van der Waals surface area (Å²) < 4.78 is 5.19. The van der Waals surface area contributed by atoms with Gasteiger partial charge in [-0.3, -0.25) is 0 Å². The largest absolute Gasteiger partial charge is 0.497 e. The smallest absolute Gasteiger partial charge is 0.132 e. The molecule has 90 valence electrons. The lowest BCUT2D eigenvalue weighted by Gasteiger charge is -2.06. The first kappa shape index (κ1) is 12.5. The van der Waals surface area contributed by atoms with Gasteiger partial charge in [-0.1, -0.05) is 11.6 Å². The Morgan fingerprint density at radius 3 is 2.82 bits per heavy atom. The first-order valence-corrected chi connectivity index (χ1v) is 6.35. The molecule has 0 atom stereocenters. The number of methoxy groups -OCH3 is 1. The van der Waals surface area contributed by atoms with Gasteiger partial charge >= 0.3 is 0 Å². The highest BCUT2D eigenvalue weighted by molar-refractivity contribution is 6.30. The number of nitrogens with zero attached hydrogens (tertiary/aromatic N) is 1. The molecule has 0 N–H and O–H groups in total. The summed E-state index contributed by atoms with van der Waals surface area (Å²) in [5, 5.41) is 1.60. The molecule has 4 heteroatoms. The molecule has 0 spiro atoms. The van der Waals surface area contributed by atoms with Crippen molar-refractivity contribution in [2.75, 3.05) is 13.0 Å². The van der Waals surface area contributed by atoms with E-state index in [1.54, 1.807) is 7.11 Å². The molecule has 0 amide bonds. The molecule has 1 aromatic carbocycles. The molecule has 0 unspecified atom stereocenters. The van der Waals surface area contributed by atoms with Crippen LogP contribution in [-0.2, 0) is 6.42 Å². The molecule has 1 heterocycles. The maximum Gasteiger partial charge on any atom is 0.132 e. The van der Waals surface area contributed by atoms with Gasteiger partial charge in [-0.25, -0.2) is 4.98 Å². The van der Waals surface area contributed by atoms with Crippen molar-refractivity contribution in [1.29, 1.82) is 0 Å². The van der Waals surface area contributed by atoms with E-state index in [-0.39, 0.29) is 0 Å². The van der Waals surface area contributed by atoms with Crippen LogP contribution in [0.25, 0.3) is 10.9 Å². The zero-order valence-electron chi connectivity index (χ0n) is 9.54. The number of hydrogen-bond acceptors (Lipinski definition) is 2. The van der Waals surface area contributed by atoms with Gasteiger partial charge in [-0.05, 0) is 42.7 Å². The van der Waals surface area contributed by atoms with Crippen molar-refractivity contribution < 1.29 is 4.74 Å². The van der Waals surface area contributed by atoms with Crippen LogP contribution in [0.4, 0.5) is 0 Å². The van der Waals surface area contributed by atoms with E-state index in [4.69, 9.17) is 27.9 Å². The van der Waals surface area contributed by atoms with Crippen LogP contribution in [0.2, 0.25) is 5.15 Å². The van der Waals surface area contributed by atoms with Crippen LogP contribution in [0, 0.1) is 0 Å². The summed E-state index contributed by atoms with van der Waals surface area (Å²) in [6, 6.07) is 7.80. The quantitative estimate of drug-likeness (QED) is 0.617. The van der Waals surface area contributed by atoms with Gasteiger partial charge in [0.05, 0.1) is 12.6 Å². The van der Waals surface area contributed by atoms with Crippen LogP contribution in [0.5, 0.6) is 5.75 Å². The van der Waals surface area contributed by atoms with Crippen LogP contribution in [-0.4, -0.2) is 18.0 Å². The fourth-order valence-electron chi connectivity index (χ4n) is 1.73. The fourth-order valence-corrected chi connectivity index (χ4v) is 2.11. The number of aromatic nitrogens is 1. The number of rotatable bonds is 4. The van der Waals surface area contributed by atoms with Crippen molar-refractivity contribution in [1.82, 2.24) is 4.98 Å². The topological polar surface area (TPSA) is 22.1 Å². The van der Waals surface area contributed by atoms with E-state index in [9.17, 15) is 0 Å². The third-order valence-electron chi connectivity index (χ3n) is 2.63. The average molecular weight is 270 g/mol. The van der Waals surface area contributed by atoms with Gasteiger partial charge in [0.15, 0.2) is 0 Å². The van der Waals surface area contributed by atoms with Gasteiger partial charge in [-0.15, -0.1) is 11.6 Å². The van der Waals surface area contributed by atoms with E-state index in [0.717, 1.165) is 35.1 Å². The molecule has 0 aliphatic rings. The number of ether oxygens (including phenoxy) is 1. The zero-order chi connectivity index (χ0) is 12.3. The molecule has 0 radical (unpaired) electrons. The van der Waals surface area contributed by atoms with E-state index in [1.165, 1.54) is 0 Å². The lowest BCUT2D eigenvalue weighted by molar-refractivity contribution is 0.415. The second-order valence-electron chi connectivity index (χ2n) is 3.79. The highest BCUT2D eigenvalue weighted by Gasteiger charge is 2.05. The molecule has 0 aliphatic carbocycles. The molecule has 1 aromatic heterocycles. The molecule has 2 nitrogen and oxygen atoms in total. The Bertz CT molecular complexity index is 528. The van der Waals surface area contributed by atoms with Crippen molar-refractivity contribution in [3.8, 4) is 5.75 Å². The molecule has 0 saturated carbocycles. The van der Waals surface area contributed by atoms with Gasteiger partial charge in [0.25, 0.3) is 0 Å². The predicted octanol–water partition coefficient (Wildman–Crippen LogP) is 4.07. The Morgan fingerprint density at radius 1 is 1.29 bits per heavy atom. The van der Waals surface area contributed by atoms with Crippen LogP contribution in [0.1, 0.15) is 12.0 Å². The Kier molecular flexibility index (Phi) is 4.08. The van der Waals surface area contributed by atoms with E-state index in [0.29, 0.717) is 11.0 Å². The lowest BCUT2D eigenvalue weighted by Crippen LogP contribution is -1.92. The van der Waals surface area contributed by atoms with Crippen LogP contribution >= 0.6 is 23.2 Å². The summed E-state index contributed by atoms with van der Waals surface area (Å²) in [6.45, 7) is 0. The first-order valence-electron chi connectivity index (χ1n) is 5.43. The molecule has 0 saturated heterocycles. The second kappa shape index (κ2) is 5.56. The van der Waals surface area contributed by atoms with Crippen LogP contribution in [0.15, 0.2) is 24.3 Å². The summed E-state index contributed by atoms with van der Waals surface area (Å²) in [4.78, 5) is 4.37. The monoisotopic (exact) mass is 269 g/mol. The van der Waals surface area contributed by atoms with Crippen LogP contribution < -0.4 is 4.74 Å². The molecular formula is C13H13Cl2NO. The van der Waals surface area contributed by atoms with Gasteiger partial charge in [0.1, 0.15) is 10.9 Å². The molecule has 2 aromatic rings. The highest BCUT2D eigenvalue weighted by Crippen LogP contribution is 2.25. The maximum atomic E-state index is 6.13. The van der Waals surface area contributed by atoms with Gasteiger partial charge in [-0.2, -0.15) is 0 Å². The molecule has 17 heavy (non-hydrogen) atoms. The number of hydrogen-bond donors (Lipinski definition) is 0. The van der Waals surface area contributed by atoms with Gasteiger partial charge < -0.3 is 4.74 Å². The third kappa shape index (κ3) is 2.82. The van der Waals surface area contributed by atoms with Crippen molar-refractivity contribution in [3.05, 3.63) is 35.0 Å². The van der Waals surface area contributed by atoms with E-state index >= 15 is 0 Å². The Hall–Kier alpha value is -0.990. The summed E-state index contributed by atoms with van der Waals surface area (Å²) in [5.41, 5.74) is 1.92. The molecule has 0 bridgehead atoms. The summed E-state index contributed by atoms with van der Waals surface area (Å²) in [5.74, 6) is 1.46. The lowest BCUT2D eigenvalue weighted by atomic mass is 10.1. The minimum absolute atomic E-state index is 0.563. The zero-order valence-corrected chi connectivity index (χ0v) is 11.1. The fraction of sp³-hybridized carbons (Fsp3) is 0.308. The SMILES string of the molecule is COc1ccc2nc(Cl)c(CCCCl)cc2c1. The van der Waals surface area contributed by atoms with Crippen molar-refractivity contribution in [2.24, 2.45) is 0 Å². The maximum absolute atomic E-state index is 6.13. The van der Waals surface area contributed by atoms with Crippen molar-refractivity contribution in [3.63, 3.8) is 0 Å². The number of halogens is 2. The van der Waals surface area contributed by atoms with Crippen molar-refractivity contribution >= 4 is 34.1 Å². The number of alkyl halides is 1. The van der Waals surface area contributed by atoms with E-state index < -0.39 is 0 Å². The Labute approximate surface area is 111 Å². The second-order valence-corrected chi connectivity index (χ2v) is 4.53. The number of pyridine rings is 1. The number of aryl methyl sites for hydroxylation is 1.